The minimum absolute atomic E-state index is 0.523. The third-order valence-electron chi connectivity index (χ3n) is 4.90. The third-order valence-corrected chi connectivity index (χ3v) is 5.15. The first-order chi connectivity index (χ1) is 12.7. The molecule has 3 aromatic rings. The predicted molar refractivity (Wildman–Crippen MR) is 107 cm³/mol. The van der Waals surface area contributed by atoms with Crippen LogP contribution in [0.25, 0.3) is 22.8 Å². The lowest BCUT2D eigenvalue weighted by Gasteiger charge is -2.24. The molecular weight excluding hydrogens is 346 g/mol. The van der Waals surface area contributed by atoms with Gasteiger partial charge in [-0.3, -0.25) is 0 Å². The van der Waals surface area contributed by atoms with Crippen LogP contribution >= 0.6 is 11.6 Å². The second-order valence-electron chi connectivity index (χ2n) is 6.82. The highest BCUT2D eigenvalue weighted by Crippen LogP contribution is 2.31. The number of nitrogens with zero attached hydrogens (tertiary/aromatic N) is 1. The Morgan fingerprint density at radius 3 is 2.46 bits per heavy atom. The van der Waals surface area contributed by atoms with E-state index in [-0.39, 0.29) is 0 Å². The Hall–Kier alpha value is -2.46. The zero-order valence-electron chi connectivity index (χ0n) is 14.5. The standard InChI is InChI=1S/C21H22ClN3O/c22-16-9-6-14(7-10-16)20-13-24-21(26-20)15-8-11-19(18(23)12-15)25-17-4-2-1-3-5-17/h6-13,17,25H,1-5,23H2. The third kappa shape index (κ3) is 3.70. The van der Waals surface area contributed by atoms with Crippen molar-refractivity contribution in [3.8, 4) is 22.8 Å². The number of hydrogen-bond acceptors (Lipinski definition) is 4. The summed E-state index contributed by atoms with van der Waals surface area (Å²) in [7, 11) is 0. The highest BCUT2D eigenvalue weighted by atomic mass is 35.5. The minimum Gasteiger partial charge on any atom is -0.436 e. The number of nitrogen functional groups attached to an aromatic ring is 1. The van der Waals surface area contributed by atoms with Gasteiger partial charge in [0.1, 0.15) is 0 Å². The van der Waals surface area contributed by atoms with E-state index in [0.29, 0.717) is 22.7 Å². The Balaban J connectivity index is 1.53. The molecule has 26 heavy (non-hydrogen) atoms. The van der Waals surface area contributed by atoms with Crippen LogP contribution in [0.15, 0.2) is 53.1 Å². The van der Waals surface area contributed by atoms with Gasteiger partial charge < -0.3 is 15.5 Å². The number of benzene rings is 2. The van der Waals surface area contributed by atoms with E-state index in [0.717, 1.165) is 22.5 Å². The van der Waals surface area contributed by atoms with E-state index >= 15 is 0 Å². The van der Waals surface area contributed by atoms with Crippen LogP contribution in [0.4, 0.5) is 11.4 Å². The van der Waals surface area contributed by atoms with Gasteiger partial charge in [0.2, 0.25) is 5.89 Å². The van der Waals surface area contributed by atoms with E-state index < -0.39 is 0 Å². The van der Waals surface area contributed by atoms with Crippen molar-refractivity contribution in [2.45, 2.75) is 38.1 Å². The number of hydrogen-bond donors (Lipinski definition) is 2. The van der Waals surface area contributed by atoms with Gasteiger partial charge in [0.05, 0.1) is 17.6 Å². The van der Waals surface area contributed by atoms with Gasteiger partial charge in [0, 0.05) is 22.2 Å². The van der Waals surface area contributed by atoms with Gasteiger partial charge in [-0.05, 0) is 55.3 Å². The molecule has 0 unspecified atom stereocenters. The molecule has 0 saturated heterocycles. The van der Waals surface area contributed by atoms with Crippen LogP contribution in [-0.2, 0) is 0 Å². The molecule has 0 aliphatic heterocycles. The molecule has 0 spiro atoms. The number of nitrogens with one attached hydrogen (secondary N) is 1. The van der Waals surface area contributed by atoms with Gasteiger partial charge in [0.25, 0.3) is 0 Å². The maximum Gasteiger partial charge on any atom is 0.226 e. The summed E-state index contributed by atoms with van der Waals surface area (Å²) in [6, 6.07) is 14.0. The maximum absolute atomic E-state index is 6.26. The second-order valence-corrected chi connectivity index (χ2v) is 7.25. The van der Waals surface area contributed by atoms with Crippen molar-refractivity contribution in [2.24, 2.45) is 0 Å². The van der Waals surface area contributed by atoms with Crippen molar-refractivity contribution >= 4 is 23.0 Å². The summed E-state index contributed by atoms with van der Waals surface area (Å²) in [6.45, 7) is 0. The predicted octanol–water partition coefficient (Wildman–Crippen LogP) is 5.99. The molecule has 2 aromatic carbocycles. The van der Waals surface area contributed by atoms with E-state index in [9.17, 15) is 0 Å². The topological polar surface area (TPSA) is 64.1 Å². The van der Waals surface area contributed by atoms with Gasteiger partial charge in [-0.15, -0.1) is 0 Å². The summed E-state index contributed by atoms with van der Waals surface area (Å²) in [4.78, 5) is 4.40. The van der Waals surface area contributed by atoms with Crippen LogP contribution < -0.4 is 11.1 Å². The van der Waals surface area contributed by atoms with E-state index in [2.05, 4.69) is 10.3 Å². The number of anilines is 2. The Kier molecular flexibility index (Phi) is 4.85. The lowest BCUT2D eigenvalue weighted by Crippen LogP contribution is -2.22. The highest BCUT2D eigenvalue weighted by molar-refractivity contribution is 6.30. The average molecular weight is 368 g/mol. The van der Waals surface area contributed by atoms with Crippen molar-refractivity contribution < 1.29 is 4.42 Å². The summed E-state index contributed by atoms with van der Waals surface area (Å²) >= 11 is 5.94. The Labute approximate surface area is 158 Å². The maximum atomic E-state index is 6.26. The molecular formula is C21H22ClN3O. The fraction of sp³-hybridized carbons (Fsp3) is 0.286. The smallest absolute Gasteiger partial charge is 0.226 e. The molecule has 134 valence electrons. The average Bonchev–Trinajstić information content (AvgIpc) is 3.15. The van der Waals surface area contributed by atoms with Crippen LogP contribution in [-0.4, -0.2) is 11.0 Å². The summed E-state index contributed by atoms with van der Waals surface area (Å²) in [5.41, 5.74) is 9.79. The Bertz CT molecular complexity index is 883. The normalized spacial score (nSPS) is 15.1. The van der Waals surface area contributed by atoms with E-state index in [1.54, 1.807) is 6.20 Å². The molecule has 1 fully saturated rings. The molecule has 1 heterocycles. The number of aromatic nitrogens is 1. The lowest BCUT2D eigenvalue weighted by molar-refractivity contribution is 0.463. The fourth-order valence-electron chi connectivity index (χ4n) is 3.45. The van der Waals surface area contributed by atoms with Crippen molar-refractivity contribution in [3.63, 3.8) is 0 Å². The molecule has 1 saturated carbocycles. The van der Waals surface area contributed by atoms with Crippen molar-refractivity contribution in [3.05, 3.63) is 53.7 Å². The van der Waals surface area contributed by atoms with Crippen LogP contribution in [0.1, 0.15) is 32.1 Å². The first-order valence-electron chi connectivity index (χ1n) is 9.07. The minimum atomic E-state index is 0.523. The van der Waals surface area contributed by atoms with Gasteiger partial charge in [0.15, 0.2) is 5.76 Å². The molecule has 0 atom stereocenters. The summed E-state index contributed by atoms with van der Waals surface area (Å²) in [6.07, 6.45) is 8.07. The largest absolute Gasteiger partial charge is 0.436 e. The SMILES string of the molecule is Nc1cc(-c2ncc(-c3ccc(Cl)cc3)o2)ccc1NC1CCCCC1. The molecule has 5 heteroatoms. The molecule has 0 radical (unpaired) electrons. The molecule has 4 nitrogen and oxygen atoms in total. The van der Waals surface area contributed by atoms with Crippen LogP contribution in [0.2, 0.25) is 5.02 Å². The van der Waals surface area contributed by atoms with E-state index in [1.165, 1.54) is 32.1 Å². The second kappa shape index (κ2) is 7.42. The fourth-order valence-corrected chi connectivity index (χ4v) is 3.58. The quantitative estimate of drug-likeness (QED) is 0.556. The van der Waals surface area contributed by atoms with Crippen LogP contribution in [0.3, 0.4) is 0 Å². The number of nitrogens with two attached hydrogens (primary N) is 1. The summed E-state index contributed by atoms with van der Waals surface area (Å²) in [5, 5.41) is 4.27. The lowest BCUT2D eigenvalue weighted by atomic mass is 9.95. The van der Waals surface area contributed by atoms with Crippen LogP contribution in [0, 0.1) is 0 Å². The van der Waals surface area contributed by atoms with Crippen molar-refractivity contribution in [2.75, 3.05) is 11.1 Å². The zero-order valence-corrected chi connectivity index (χ0v) is 15.3. The van der Waals surface area contributed by atoms with E-state index in [1.807, 2.05) is 42.5 Å². The van der Waals surface area contributed by atoms with Crippen LogP contribution in [0.5, 0.6) is 0 Å². The summed E-state index contributed by atoms with van der Waals surface area (Å²) in [5.74, 6) is 1.27. The van der Waals surface area contributed by atoms with E-state index in [4.69, 9.17) is 21.8 Å². The Morgan fingerprint density at radius 1 is 1.00 bits per heavy atom. The van der Waals surface area contributed by atoms with Gasteiger partial charge in [-0.25, -0.2) is 4.98 Å². The van der Waals surface area contributed by atoms with Gasteiger partial charge in [-0.1, -0.05) is 30.9 Å². The van der Waals surface area contributed by atoms with Crippen molar-refractivity contribution in [1.29, 1.82) is 0 Å². The Morgan fingerprint density at radius 2 is 1.73 bits per heavy atom. The molecule has 0 bridgehead atoms. The van der Waals surface area contributed by atoms with Gasteiger partial charge in [-0.2, -0.15) is 0 Å². The summed E-state index contributed by atoms with van der Waals surface area (Å²) < 4.78 is 5.91. The number of halogens is 1. The number of oxazole rings is 1. The molecule has 3 N–H and O–H groups in total. The molecule has 0 amide bonds. The monoisotopic (exact) mass is 367 g/mol. The van der Waals surface area contributed by atoms with Crippen molar-refractivity contribution in [1.82, 2.24) is 4.98 Å². The van der Waals surface area contributed by atoms with Gasteiger partial charge >= 0.3 is 0 Å². The molecule has 1 aliphatic carbocycles. The number of rotatable bonds is 4. The zero-order chi connectivity index (χ0) is 17.9. The first-order valence-corrected chi connectivity index (χ1v) is 9.45. The highest BCUT2D eigenvalue weighted by Gasteiger charge is 2.15. The molecule has 1 aliphatic rings. The first kappa shape index (κ1) is 17.0. The molecule has 4 rings (SSSR count). The molecule has 1 aromatic heterocycles.